The van der Waals surface area contributed by atoms with Gasteiger partial charge in [0, 0.05) is 17.6 Å². The van der Waals surface area contributed by atoms with Crippen molar-refractivity contribution >= 4 is 11.6 Å². The van der Waals surface area contributed by atoms with Gasteiger partial charge in [0.05, 0.1) is 17.7 Å². The van der Waals surface area contributed by atoms with Gasteiger partial charge in [0.1, 0.15) is 0 Å². The van der Waals surface area contributed by atoms with E-state index < -0.39 is 6.10 Å². The first-order chi connectivity index (χ1) is 10.1. The monoisotopic (exact) mass is 300 g/mol. The molecular weight excluding hydrogens is 284 g/mol. The molecule has 2 N–H and O–H groups in total. The molecule has 3 nitrogen and oxygen atoms in total. The minimum absolute atomic E-state index is 0.0479. The zero-order valence-corrected chi connectivity index (χ0v) is 12.5. The zero-order valence-electron chi connectivity index (χ0n) is 11.8. The summed E-state index contributed by atoms with van der Waals surface area (Å²) in [5, 5.41) is 22.9. The van der Waals surface area contributed by atoms with Crippen molar-refractivity contribution in [3.05, 3.63) is 70.2 Å². The van der Waals surface area contributed by atoms with Gasteiger partial charge in [-0.2, -0.15) is 5.26 Å². The Kier molecular flexibility index (Phi) is 5.35. The molecule has 2 rings (SSSR count). The molecule has 0 fully saturated rings. The Hall–Kier alpha value is -1.86. The summed E-state index contributed by atoms with van der Waals surface area (Å²) in [5.41, 5.74) is 2.38. The molecule has 0 bridgehead atoms. The van der Waals surface area contributed by atoms with Gasteiger partial charge in [0.2, 0.25) is 0 Å². The minimum atomic E-state index is -0.623. The van der Waals surface area contributed by atoms with Gasteiger partial charge in [0.25, 0.3) is 0 Å². The lowest BCUT2D eigenvalue weighted by molar-refractivity contribution is 0.171. The Morgan fingerprint density at radius 3 is 2.48 bits per heavy atom. The van der Waals surface area contributed by atoms with Crippen molar-refractivity contribution in [2.45, 2.75) is 19.1 Å². The Bertz CT molecular complexity index is 634. The summed E-state index contributed by atoms with van der Waals surface area (Å²) < 4.78 is 0. The topological polar surface area (TPSA) is 56.0 Å². The van der Waals surface area contributed by atoms with Gasteiger partial charge in [-0.05, 0) is 36.2 Å². The van der Waals surface area contributed by atoms with Crippen LogP contribution in [0.2, 0.25) is 5.02 Å². The molecule has 0 saturated carbocycles. The van der Waals surface area contributed by atoms with Gasteiger partial charge < -0.3 is 10.4 Å². The second kappa shape index (κ2) is 7.24. The molecule has 2 aromatic carbocycles. The molecule has 4 heteroatoms. The van der Waals surface area contributed by atoms with Crippen molar-refractivity contribution in [1.82, 2.24) is 5.32 Å². The van der Waals surface area contributed by atoms with E-state index in [2.05, 4.69) is 11.4 Å². The summed E-state index contributed by atoms with van der Waals surface area (Å²) >= 11 is 6.15. The van der Waals surface area contributed by atoms with E-state index in [-0.39, 0.29) is 6.04 Å². The van der Waals surface area contributed by atoms with E-state index in [9.17, 15) is 5.11 Å². The number of aliphatic hydroxyl groups is 1. The fraction of sp³-hybridized carbons (Fsp3) is 0.235. The quantitative estimate of drug-likeness (QED) is 0.887. The fourth-order valence-electron chi connectivity index (χ4n) is 2.12. The van der Waals surface area contributed by atoms with Gasteiger partial charge in [0.15, 0.2) is 0 Å². The van der Waals surface area contributed by atoms with Gasteiger partial charge in [-0.3, -0.25) is 0 Å². The molecule has 0 heterocycles. The van der Waals surface area contributed by atoms with Crippen LogP contribution in [-0.4, -0.2) is 11.7 Å². The van der Waals surface area contributed by atoms with Gasteiger partial charge in [-0.15, -0.1) is 0 Å². The summed E-state index contributed by atoms with van der Waals surface area (Å²) in [6.45, 7) is 2.42. The van der Waals surface area contributed by atoms with Crippen molar-refractivity contribution in [1.29, 1.82) is 5.26 Å². The molecule has 2 aromatic rings. The predicted octanol–water partition coefficient (Wildman–Crippen LogP) is 3.60. The number of nitrogens with one attached hydrogen (secondary N) is 1. The van der Waals surface area contributed by atoms with E-state index in [1.165, 1.54) is 0 Å². The number of nitriles is 1. The normalized spacial score (nSPS) is 13.4. The first-order valence-corrected chi connectivity index (χ1v) is 7.15. The van der Waals surface area contributed by atoms with E-state index in [1.54, 1.807) is 24.3 Å². The lowest BCUT2D eigenvalue weighted by atomic mass is 10.1. The summed E-state index contributed by atoms with van der Waals surface area (Å²) in [6.07, 6.45) is -0.623. The number of nitrogens with zero attached hydrogens (tertiary/aromatic N) is 1. The third-order valence-electron chi connectivity index (χ3n) is 3.41. The highest BCUT2D eigenvalue weighted by Crippen LogP contribution is 2.22. The molecule has 0 aliphatic carbocycles. The largest absolute Gasteiger partial charge is 0.387 e. The number of hydrogen-bond acceptors (Lipinski definition) is 3. The van der Waals surface area contributed by atoms with Crippen molar-refractivity contribution in [3.8, 4) is 6.07 Å². The molecule has 0 amide bonds. The Labute approximate surface area is 129 Å². The maximum Gasteiger partial charge on any atom is 0.0991 e. The van der Waals surface area contributed by atoms with Gasteiger partial charge in [-0.1, -0.05) is 41.9 Å². The van der Waals surface area contributed by atoms with E-state index in [1.807, 2.05) is 31.2 Å². The van der Waals surface area contributed by atoms with Crippen molar-refractivity contribution in [2.24, 2.45) is 0 Å². The number of hydrogen-bond donors (Lipinski definition) is 2. The Morgan fingerprint density at radius 1 is 1.19 bits per heavy atom. The minimum Gasteiger partial charge on any atom is -0.387 e. The second-order valence-corrected chi connectivity index (χ2v) is 5.31. The third-order valence-corrected chi connectivity index (χ3v) is 3.76. The third kappa shape index (κ3) is 4.05. The van der Waals surface area contributed by atoms with Crippen LogP contribution in [0, 0.1) is 11.3 Å². The standard InChI is InChI=1S/C17H17ClN2O/c1-12(15-4-2-3-5-16(15)18)20-11-17(21)14-8-6-13(10-19)7-9-14/h2-9,12,17,20-21H,11H2,1H3/t12-,17?/m1/s1. The maximum atomic E-state index is 10.2. The summed E-state index contributed by atoms with van der Waals surface area (Å²) in [7, 11) is 0. The van der Waals surface area contributed by atoms with Crippen LogP contribution in [0.25, 0.3) is 0 Å². The molecule has 0 aliphatic heterocycles. The molecule has 108 valence electrons. The summed E-state index contributed by atoms with van der Waals surface area (Å²) in [6, 6.07) is 16.7. The molecule has 2 atom stereocenters. The second-order valence-electron chi connectivity index (χ2n) is 4.90. The lowest BCUT2D eigenvalue weighted by Crippen LogP contribution is -2.24. The van der Waals surface area contributed by atoms with Crippen LogP contribution in [0.5, 0.6) is 0 Å². The summed E-state index contributed by atoms with van der Waals surface area (Å²) in [4.78, 5) is 0. The van der Waals surface area contributed by atoms with Crippen molar-refractivity contribution < 1.29 is 5.11 Å². The van der Waals surface area contributed by atoms with Gasteiger partial charge >= 0.3 is 0 Å². The number of aliphatic hydroxyl groups excluding tert-OH is 1. The van der Waals surface area contributed by atoms with Crippen LogP contribution in [0.1, 0.15) is 35.8 Å². The first-order valence-electron chi connectivity index (χ1n) is 6.77. The van der Waals surface area contributed by atoms with Crippen LogP contribution < -0.4 is 5.32 Å². The zero-order chi connectivity index (χ0) is 15.2. The molecule has 0 saturated heterocycles. The molecule has 0 radical (unpaired) electrons. The number of halogens is 1. The molecule has 1 unspecified atom stereocenters. The maximum absolute atomic E-state index is 10.2. The average Bonchev–Trinajstić information content (AvgIpc) is 2.52. The summed E-state index contributed by atoms with van der Waals surface area (Å²) in [5.74, 6) is 0. The van der Waals surface area contributed by atoms with Crippen LogP contribution in [0.4, 0.5) is 0 Å². The highest BCUT2D eigenvalue weighted by molar-refractivity contribution is 6.31. The molecule has 0 aliphatic rings. The number of rotatable bonds is 5. The molecular formula is C17H17ClN2O. The molecule has 0 spiro atoms. The smallest absolute Gasteiger partial charge is 0.0991 e. The van der Waals surface area contributed by atoms with Crippen LogP contribution in [0.15, 0.2) is 48.5 Å². The number of benzene rings is 2. The Balaban J connectivity index is 1.96. The van der Waals surface area contributed by atoms with Crippen molar-refractivity contribution in [2.75, 3.05) is 6.54 Å². The van der Waals surface area contributed by atoms with E-state index in [0.29, 0.717) is 17.1 Å². The highest BCUT2D eigenvalue weighted by atomic mass is 35.5. The van der Waals surface area contributed by atoms with Crippen LogP contribution in [-0.2, 0) is 0 Å². The Morgan fingerprint density at radius 2 is 1.86 bits per heavy atom. The molecule has 0 aromatic heterocycles. The first kappa shape index (κ1) is 15.5. The fourth-order valence-corrected chi connectivity index (χ4v) is 2.42. The SMILES string of the molecule is C[C@@H](NCC(O)c1ccc(C#N)cc1)c1ccccc1Cl. The average molecular weight is 301 g/mol. The predicted molar refractivity (Wildman–Crippen MR) is 84.0 cm³/mol. The van der Waals surface area contributed by atoms with Crippen LogP contribution in [0.3, 0.4) is 0 Å². The molecule has 21 heavy (non-hydrogen) atoms. The van der Waals surface area contributed by atoms with E-state index in [4.69, 9.17) is 16.9 Å². The van der Waals surface area contributed by atoms with E-state index >= 15 is 0 Å². The van der Waals surface area contributed by atoms with Crippen molar-refractivity contribution in [3.63, 3.8) is 0 Å². The highest BCUT2D eigenvalue weighted by Gasteiger charge is 2.12. The van der Waals surface area contributed by atoms with Crippen LogP contribution >= 0.6 is 11.6 Å². The lowest BCUT2D eigenvalue weighted by Gasteiger charge is -2.18. The van der Waals surface area contributed by atoms with Gasteiger partial charge in [-0.25, -0.2) is 0 Å². The van der Waals surface area contributed by atoms with E-state index in [0.717, 1.165) is 11.1 Å².